The van der Waals surface area contributed by atoms with Gasteiger partial charge in [0.05, 0.1) is 17.1 Å². The number of hydrogen-bond donors (Lipinski definition) is 1. The number of non-ortho nitro benzene ring substituents is 1. The highest BCUT2D eigenvalue weighted by Gasteiger charge is 2.13. The van der Waals surface area contributed by atoms with E-state index in [0.29, 0.717) is 0 Å². The van der Waals surface area contributed by atoms with Crippen molar-refractivity contribution in [3.8, 4) is 11.5 Å². The number of nitrogens with zero attached hydrogens (tertiary/aromatic N) is 1. The average molecular weight is 277 g/mol. The number of halogens is 1. The molecule has 0 aromatic heterocycles. The fraction of sp³-hybridized carbons (Fsp3) is 0.143. The van der Waals surface area contributed by atoms with Crippen molar-refractivity contribution < 1.29 is 19.2 Å². The Kier molecular flexibility index (Phi) is 3.95. The van der Waals surface area contributed by atoms with E-state index in [-0.39, 0.29) is 22.7 Å². The minimum atomic E-state index is -0.917. The minimum Gasteiger partial charge on any atom is -0.457 e. The second-order valence-corrected chi connectivity index (χ2v) is 4.21. The normalized spacial score (nSPS) is 11.9. The second-order valence-electron chi connectivity index (χ2n) is 4.21. The van der Waals surface area contributed by atoms with Crippen LogP contribution in [-0.4, -0.2) is 10.0 Å². The van der Waals surface area contributed by atoms with Gasteiger partial charge in [0.1, 0.15) is 17.3 Å². The smallest absolute Gasteiger partial charge is 0.273 e. The maximum Gasteiger partial charge on any atom is 0.273 e. The van der Waals surface area contributed by atoms with E-state index in [0.717, 1.165) is 6.07 Å². The topological polar surface area (TPSA) is 72.6 Å². The zero-order valence-electron chi connectivity index (χ0n) is 10.6. The zero-order valence-corrected chi connectivity index (χ0v) is 10.6. The van der Waals surface area contributed by atoms with Gasteiger partial charge in [-0.15, -0.1) is 0 Å². The molecule has 0 radical (unpaired) electrons. The molecule has 1 N–H and O–H groups in total. The third-order valence-corrected chi connectivity index (χ3v) is 2.68. The number of aliphatic hydroxyl groups excluding tert-OH is 1. The van der Waals surface area contributed by atoms with Gasteiger partial charge < -0.3 is 9.84 Å². The predicted molar refractivity (Wildman–Crippen MR) is 70.2 cm³/mol. The van der Waals surface area contributed by atoms with E-state index >= 15 is 0 Å². The largest absolute Gasteiger partial charge is 0.457 e. The molecular weight excluding hydrogens is 265 g/mol. The molecule has 0 aliphatic heterocycles. The third kappa shape index (κ3) is 3.10. The third-order valence-electron chi connectivity index (χ3n) is 2.68. The highest BCUT2D eigenvalue weighted by Crippen LogP contribution is 2.31. The van der Waals surface area contributed by atoms with Crippen molar-refractivity contribution >= 4 is 5.69 Å². The lowest BCUT2D eigenvalue weighted by Crippen LogP contribution is -1.97. The lowest BCUT2D eigenvalue weighted by molar-refractivity contribution is -0.384. The first-order valence-electron chi connectivity index (χ1n) is 5.87. The first-order valence-corrected chi connectivity index (χ1v) is 5.87. The molecule has 20 heavy (non-hydrogen) atoms. The molecule has 1 atom stereocenters. The summed E-state index contributed by atoms with van der Waals surface area (Å²) in [5.74, 6) is 0.00176. The Morgan fingerprint density at radius 2 is 2.05 bits per heavy atom. The average Bonchev–Trinajstić information content (AvgIpc) is 2.41. The lowest BCUT2D eigenvalue weighted by Gasteiger charge is -2.13. The van der Waals surface area contributed by atoms with Crippen molar-refractivity contribution in [1.82, 2.24) is 0 Å². The highest BCUT2D eigenvalue weighted by molar-refractivity contribution is 5.43. The van der Waals surface area contributed by atoms with E-state index in [4.69, 9.17) is 4.74 Å². The molecule has 0 fully saturated rings. The van der Waals surface area contributed by atoms with Crippen LogP contribution in [0.4, 0.5) is 10.1 Å². The van der Waals surface area contributed by atoms with E-state index in [1.54, 1.807) is 6.07 Å². The van der Waals surface area contributed by atoms with Gasteiger partial charge in [-0.05, 0) is 31.2 Å². The molecule has 0 amide bonds. The van der Waals surface area contributed by atoms with E-state index in [1.807, 2.05) is 0 Å². The van der Waals surface area contributed by atoms with Gasteiger partial charge in [-0.2, -0.15) is 0 Å². The van der Waals surface area contributed by atoms with Crippen molar-refractivity contribution in [2.24, 2.45) is 0 Å². The molecule has 2 aromatic carbocycles. The summed E-state index contributed by atoms with van der Waals surface area (Å²) in [5, 5.41) is 20.3. The van der Waals surface area contributed by atoms with E-state index in [9.17, 15) is 19.6 Å². The van der Waals surface area contributed by atoms with Crippen LogP contribution in [0.15, 0.2) is 42.5 Å². The van der Waals surface area contributed by atoms with Crippen LogP contribution in [0.2, 0.25) is 0 Å². The Morgan fingerprint density at radius 3 is 2.70 bits per heavy atom. The number of nitro groups is 1. The molecule has 0 heterocycles. The van der Waals surface area contributed by atoms with Gasteiger partial charge in [-0.1, -0.05) is 6.07 Å². The van der Waals surface area contributed by atoms with E-state index in [2.05, 4.69) is 0 Å². The Balaban J connectivity index is 2.35. The fourth-order valence-electron chi connectivity index (χ4n) is 1.73. The summed E-state index contributed by atoms with van der Waals surface area (Å²) in [6.07, 6.45) is -0.917. The molecule has 5 nitrogen and oxygen atoms in total. The van der Waals surface area contributed by atoms with Crippen LogP contribution in [0.5, 0.6) is 11.5 Å². The van der Waals surface area contributed by atoms with Crippen molar-refractivity contribution in [1.29, 1.82) is 0 Å². The summed E-state index contributed by atoms with van der Waals surface area (Å²) in [6, 6.07) is 9.36. The number of benzene rings is 2. The molecule has 0 spiro atoms. The van der Waals surface area contributed by atoms with Gasteiger partial charge in [0, 0.05) is 11.6 Å². The first-order chi connectivity index (χ1) is 9.47. The van der Waals surface area contributed by atoms with Crippen molar-refractivity contribution in [2.45, 2.75) is 13.0 Å². The van der Waals surface area contributed by atoms with Gasteiger partial charge in [0.25, 0.3) is 5.69 Å². The van der Waals surface area contributed by atoms with Crippen LogP contribution >= 0.6 is 0 Å². The number of rotatable bonds is 4. The van der Waals surface area contributed by atoms with Crippen molar-refractivity contribution in [3.05, 3.63) is 64.0 Å². The van der Waals surface area contributed by atoms with Crippen LogP contribution in [0.1, 0.15) is 18.6 Å². The molecule has 0 saturated carbocycles. The summed E-state index contributed by atoms with van der Waals surface area (Å²) in [7, 11) is 0. The Bertz CT molecular complexity index is 643. The molecule has 0 unspecified atom stereocenters. The zero-order chi connectivity index (χ0) is 14.7. The molecule has 2 rings (SSSR count). The molecule has 0 aliphatic carbocycles. The van der Waals surface area contributed by atoms with E-state index in [1.165, 1.54) is 37.3 Å². The van der Waals surface area contributed by atoms with Crippen LogP contribution in [0, 0.1) is 15.9 Å². The molecule has 0 aliphatic rings. The quantitative estimate of drug-likeness (QED) is 0.684. The van der Waals surface area contributed by atoms with Crippen LogP contribution in [0.3, 0.4) is 0 Å². The van der Waals surface area contributed by atoms with Crippen molar-refractivity contribution in [2.75, 3.05) is 0 Å². The highest BCUT2D eigenvalue weighted by atomic mass is 19.1. The summed E-state index contributed by atoms with van der Waals surface area (Å²) >= 11 is 0. The molecular formula is C14H12FNO4. The molecule has 0 saturated heterocycles. The SMILES string of the molecule is C[C@H](O)c1cc(F)ccc1Oc1cccc([N+](=O)[O-])c1. The molecule has 104 valence electrons. The van der Waals surface area contributed by atoms with Crippen LogP contribution in [-0.2, 0) is 0 Å². The monoisotopic (exact) mass is 277 g/mol. The van der Waals surface area contributed by atoms with Gasteiger partial charge in [-0.3, -0.25) is 10.1 Å². The maximum absolute atomic E-state index is 13.2. The number of nitro benzene ring substituents is 1. The standard InChI is InChI=1S/C14H12FNO4/c1-9(17)13-7-10(15)5-6-14(13)20-12-4-2-3-11(8-12)16(18)19/h2-9,17H,1H3/t9-/m0/s1. The number of aliphatic hydroxyl groups is 1. The minimum absolute atomic E-state index is 0.108. The maximum atomic E-state index is 13.2. The molecule has 6 heteroatoms. The summed E-state index contributed by atoms with van der Waals surface area (Å²) in [4.78, 5) is 10.2. The van der Waals surface area contributed by atoms with Crippen molar-refractivity contribution in [3.63, 3.8) is 0 Å². The van der Waals surface area contributed by atoms with Gasteiger partial charge >= 0.3 is 0 Å². The Morgan fingerprint density at radius 1 is 1.30 bits per heavy atom. The fourth-order valence-corrected chi connectivity index (χ4v) is 1.73. The Hall–Kier alpha value is -2.47. The molecule has 2 aromatic rings. The lowest BCUT2D eigenvalue weighted by atomic mass is 10.1. The van der Waals surface area contributed by atoms with Crippen LogP contribution < -0.4 is 4.74 Å². The number of ether oxygens (including phenoxy) is 1. The van der Waals surface area contributed by atoms with Gasteiger partial charge in [0.2, 0.25) is 0 Å². The number of hydrogen-bond acceptors (Lipinski definition) is 4. The van der Waals surface area contributed by atoms with E-state index < -0.39 is 16.8 Å². The first kappa shape index (κ1) is 14.0. The second kappa shape index (κ2) is 5.66. The summed E-state index contributed by atoms with van der Waals surface area (Å²) < 4.78 is 18.6. The van der Waals surface area contributed by atoms with Gasteiger partial charge in [0.15, 0.2) is 0 Å². The Labute approximate surface area is 114 Å². The summed E-state index contributed by atoms with van der Waals surface area (Å²) in [6.45, 7) is 1.48. The molecule has 0 bridgehead atoms. The van der Waals surface area contributed by atoms with Crippen LogP contribution in [0.25, 0.3) is 0 Å². The summed E-state index contributed by atoms with van der Waals surface area (Å²) in [5.41, 5.74) is 0.166. The predicted octanol–water partition coefficient (Wildman–Crippen LogP) is 3.58. The van der Waals surface area contributed by atoms with Gasteiger partial charge in [-0.25, -0.2) is 4.39 Å².